The number of fused-ring (bicyclic) bond motifs is 1. The van der Waals surface area contributed by atoms with Crippen molar-refractivity contribution in [1.82, 2.24) is 4.98 Å². The smallest absolute Gasteiger partial charge is 0.113 e. The zero-order valence-corrected chi connectivity index (χ0v) is 7.12. The SMILES string of the molecule is [CH2]C#Cc1ccc2ccccc2n1. The largest absolute Gasteiger partial charge is 0.239 e. The van der Waals surface area contributed by atoms with Crippen LogP contribution < -0.4 is 0 Å². The molecule has 0 atom stereocenters. The van der Waals surface area contributed by atoms with Gasteiger partial charge in [0.05, 0.1) is 5.52 Å². The van der Waals surface area contributed by atoms with Crippen molar-refractivity contribution in [2.45, 2.75) is 0 Å². The van der Waals surface area contributed by atoms with Gasteiger partial charge in [-0.25, -0.2) is 4.98 Å². The molecule has 0 aliphatic carbocycles. The molecule has 2 rings (SSSR count). The number of hydrogen-bond donors (Lipinski definition) is 0. The van der Waals surface area contributed by atoms with Gasteiger partial charge >= 0.3 is 0 Å². The maximum absolute atomic E-state index is 4.35. The van der Waals surface area contributed by atoms with E-state index in [0.717, 1.165) is 16.6 Å². The fraction of sp³-hybridized carbons (Fsp3) is 0. The van der Waals surface area contributed by atoms with Crippen molar-refractivity contribution in [2.75, 3.05) is 0 Å². The zero-order chi connectivity index (χ0) is 9.10. The average molecular weight is 166 g/mol. The van der Waals surface area contributed by atoms with Crippen LogP contribution in [0.4, 0.5) is 0 Å². The number of pyridine rings is 1. The standard InChI is InChI=1S/C12H8N/c1-2-5-11-9-8-10-6-3-4-7-12(10)13-11/h3-4,6-9H,1H2. The van der Waals surface area contributed by atoms with Crippen molar-refractivity contribution in [1.29, 1.82) is 0 Å². The second-order valence-corrected chi connectivity index (χ2v) is 2.69. The number of para-hydroxylation sites is 1. The van der Waals surface area contributed by atoms with Crippen molar-refractivity contribution >= 4 is 10.9 Å². The number of benzene rings is 1. The first-order chi connectivity index (χ1) is 6.40. The predicted octanol–water partition coefficient (Wildman–Crippen LogP) is 2.42. The van der Waals surface area contributed by atoms with Gasteiger partial charge < -0.3 is 0 Å². The van der Waals surface area contributed by atoms with Crippen LogP contribution >= 0.6 is 0 Å². The van der Waals surface area contributed by atoms with E-state index in [4.69, 9.17) is 0 Å². The van der Waals surface area contributed by atoms with Gasteiger partial charge in [-0.15, -0.1) is 0 Å². The van der Waals surface area contributed by atoms with E-state index in [9.17, 15) is 0 Å². The highest BCUT2D eigenvalue weighted by Crippen LogP contribution is 2.10. The molecule has 1 nitrogen and oxygen atoms in total. The molecule has 0 aliphatic heterocycles. The van der Waals surface area contributed by atoms with E-state index in [1.165, 1.54) is 0 Å². The highest BCUT2D eigenvalue weighted by Gasteiger charge is 1.93. The van der Waals surface area contributed by atoms with Gasteiger partial charge in [-0.1, -0.05) is 30.2 Å². The molecular weight excluding hydrogens is 158 g/mol. The van der Waals surface area contributed by atoms with Crippen LogP contribution in [0, 0.1) is 18.8 Å². The Morgan fingerprint density at radius 3 is 2.77 bits per heavy atom. The summed E-state index contributed by atoms with van der Waals surface area (Å²) in [4.78, 5) is 4.35. The average Bonchev–Trinajstić information content (AvgIpc) is 2.18. The van der Waals surface area contributed by atoms with Crippen LogP contribution in [0.25, 0.3) is 10.9 Å². The Morgan fingerprint density at radius 1 is 1.08 bits per heavy atom. The molecule has 0 unspecified atom stereocenters. The number of hydrogen-bond acceptors (Lipinski definition) is 1. The van der Waals surface area contributed by atoms with E-state index in [-0.39, 0.29) is 0 Å². The third-order valence-electron chi connectivity index (χ3n) is 1.81. The Bertz CT molecular complexity index is 489. The number of rotatable bonds is 0. The van der Waals surface area contributed by atoms with Crippen molar-refractivity contribution in [3.05, 3.63) is 49.0 Å². The third-order valence-corrected chi connectivity index (χ3v) is 1.81. The van der Waals surface area contributed by atoms with Crippen molar-refractivity contribution in [3.8, 4) is 11.8 Å². The van der Waals surface area contributed by atoms with E-state index < -0.39 is 0 Å². The van der Waals surface area contributed by atoms with Crippen molar-refractivity contribution < 1.29 is 0 Å². The summed E-state index contributed by atoms with van der Waals surface area (Å²) in [6, 6.07) is 11.9. The fourth-order valence-corrected chi connectivity index (χ4v) is 1.23. The Kier molecular flexibility index (Phi) is 1.97. The molecule has 0 spiro atoms. The third kappa shape index (κ3) is 1.52. The summed E-state index contributed by atoms with van der Waals surface area (Å²) in [5.41, 5.74) is 1.75. The molecule has 1 aromatic carbocycles. The fourth-order valence-electron chi connectivity index (χ4n) is 1.23. The Morgan fingerprint density at radius 2 is 1.92 bits per heavy atom. The summed E-state index contributed by atoms with van der Waals surface area (Å²) < 4.78 is 0. The van der Waals surface area contributed by atoms with Crippen LogP contribution in [0.2, 0.25) is 0 Å². The van der Waals surface area contributed by atoms with Crippen LogP contribution in [0.15, 0.2) is 36.4 Å². The quantitative estimate of drug-likeness (QED) is 0.548. The minimum absolute atomic E-state index is 0.772. The predicted molar refractivity (Wildman–Crippen MR) is 54.0 cm³/mol. The minimum atomic E-state index is 0.772. The Balaban J connectivity index is 2.66. The first-order valence-electron chi connectivity index (χ1n) is 4.04. The highest BCUT2D eigenvalue weighted by atomic mass is 14.7. The van der Waals surface area contributed by atoms with Gasteiger partial charge in [0.15, 0.2) is 0 Å². The van der Waals surface area contributed by atoms with Gasteiger partial charge in [-0.3, -0.25) is 0 Å². The van der Waals surface area contributed by atoms with Gasteiger partial charge in [0.1, 0.15) is 5.69 Å². The molecule has 0 N–H and O–H groups in total. The first-order valence-corrected chi connectivity index (χ1v) is 4.04. The van der Waals surface area contributed by atoms with Gasteiger partial charge in [-0.05, 0) is 18.1 Å². The molecule has 1 heterocycles. The first kappa shape index (κ1) is 7.82. The lowest BCUT2D eigenvalue weighted by Gasteiger charge is -1.95. The number of aromatic nitrogens is 1. The highest BCUT2D eigenvalue weighted by molar-refractivity contribution is 5.78. The monoisotopic (exact) mass is 166 g/mol. The van der Waals surface area contributed by atoms with E-state index in [0.29, 0.717) is 0 Å². The maximum atomic E-state index is 4.35. The molecule has 1 radical (unpaired) electrons. The van der Waals surface area contributed by atoms with Gasteiger partial charge in [0.2, 0.25) is 0 Å². The summed E-state index contributed by atoms with van der Waals surface area (Å²) in [6.07, 6.45) is 0. The normalized spacial score (nSPS) is 9.31. The Hall–Kier alpha value is -1.81. The zero-order valence-electron chi connectivity index (χ0n) is 7.12. The van der Waals surface area contributed by atoms with E-state index in [1.54, 1.807) is 0 Å². The van der Waals surface area contributed by atoms with Crippen molar-refractivity contribution in [3.63, 3.8) is 0 Å². The van der Waals surface area contributed by atoms with E-state index >= 15 is 0 Å². The lowest BCUT2D eigenvalue weighted by molar-refractivity contribution is 1.36. The molecular formula is C12H8N. The second-order valence-electron chi connectivity index (χ2n) is 2.69. The molecule has 13 heavy (non-hydrogen) atoms. The summed E-state index contributed by atoms with van der Waals surface area (Å²) >= 11 is 0. The van der Waals surface area contributed by atoms with Crippen LogP contribution in [-0.4, -0.2) is 4.98 Å². The minimum Gasteiger partial charge on any atom is -0.239 e. The van der Waals surface area contributed by atoms with Gasteiger partial charge in [-0.2, -0.15) is 0 Å². The topological polar surface area (TPSA) is 12.9 Å². The van der Waals surface area contributed by atoms with Gasteiger partial charge in [0.25, 0.3) is 0 Å². The molecule has 0 saturated heterocycles. The molecule has 61 valence electrons. The molecule has 0 fully saturated rings. The maximum Gasteiger partial charge on any atom is 0.113 e. The van der Waals surface area contributed by atoms with Crippen LogP contribution in [0.1, 0.15) is 5.69 Å². The summed E-state index contributed by atoms with van der Waals surface area (Å²) in [6.45, 7) is 3.46. The van der Waals surface area contributed by atoms with Crippen LogP contribution in [0.5, 0.6) is 0 Å². The lowest BCUT2D eigenvalue weighted by Crippen LogP contribution is -1.82. The molecule has 0 bridgehead atoms. The number of nitrogens with zero attached hydrogens (tertiary/aromatic N) is 1. The van der Waals surface area contributed by atoms with Gasteiger partial charge in [0, 0.05) is 12.3 Å². The molecule has 1 heteroatoms. The lowest BCUT2D eigenvalue weighted by atomic mass is 10.2. The summed E-state index contributed by atoms with van der Waals surface area (Å²) in [5, 5.41) is 1.14. The van der Waals surface area contributed by atoms with Crippen LogP contribution in [-0.2, 0) is 0 Å². The Labute approximate surface area is 77.4 Å². The van der Waals surface area contributed by atoms with Crippen LogP contribution in [0.3, 0.4) is 0 Å². The molecule has 2 aromatic rings. The summed E-state index contributed by atoms with van der Waals surface area (Å²) in [7, 11) is 0. The second kappa shape index (κ2) is 3.28. The van der Waals surface area contributed by atoms with E-state index in [1.807, 2.05) is 36.4 Å². The molecule has 0 amide bonds. The summed E-state index contributed by atoms with van der Waals surface area (Å²) in [5.74, 6) is 5.41. The van der Waals surface area contributed by atoms with E-state index in [2.05, 4.69) is 23.7 Å². The molecule has 1 aromatic heterocycles. The molecule has 0 aliphatic rings. The van der Waals surface area contributed by atoms with Crippen molar-refractivity contribution in [2.24, 2.45) is 0 Å². The molecule has 0 saturated carbocycles.